The Morgan fingerprint density at radius 3 is 2.75 bits per heavy atom. The minimum absolute atomic E-state index is 0.0255. The van der Waals surface area contributed by atoms with Gasteiger partial charge >= 0.3 is 0 Å². The van der Waals surface area contributed by atoms with Gasteiger partial charge in [-0.05, 0) is 65.9 Å². The van der Waals surface area contributed by atoms with E-state index in [4.69, 9.17) is 4.98 Å². The Kier molecular flexibility index (Phi) is 3.72. The second-order valence-corrected chi connectivity index (χ2v) is 10.1. The zero-order chi connectivity index (χ0) is 24.0. The number of nitrogens with one attached hydrogen (secondary N) is 2. The van der Waals surface area contributed by atoms with Crippen LogP contribution in [-0.4, -0.2) is 26.3 Å². The van der Waals surface area contributed by atoms with Gasteiger partial charge in [-0.1, -0.05) is 18.2 Å². The summed E-state index contributed by atoms with van der Waals surface area (Å²) >= 11 is 0. The number of benzene rings is 2. The van der Waals surface area contributed by atoms with E-state index in [1.54, 1.807) is 6.20 Å². The molecule has 1 atom stereocenters. The highest BCUT2D eigenvalue weighted by molar-refractivity contribution is 6.09. The summed E-state index contributed by atoms with van der Waals surface area (Å²) in [4.78, 5) is 34.5. The van der Waals surface area contributed by atoms with Gasteiger partial charge in [0.05, 0.1) is 40.8 Å². The lowest BCUT2D eigenvalue weighted by Crippen LogP contribution is -2.35. The summed E-state index contributed by atoms with van der Waals surface area (Å²) in [6.07, 6.45) is 5.53. The lowest BCUT2D eigenvalue weighted by Gasteiger charge is -2.20. The number of pyridine rings is 2. The van der Waals surface area contributed by atoms with Gasteiger partial charge in [-0.2, -0.15) is 0 Å². The molecule has 2 N–H and O–H groups in total. The molecular weight excluding hydrogens is 450 g/mol. The summed E-state index contributed by atoms with van der Waals surface area (Å²) < 4.78 is 2.18. The van der Waals surface area contributed by atoms with E-state index in [1.807, 2.05) is 24.3 Å². The highest BCUT2D eigenvalue weighted by atomic mass is 16.2. The minimum Gasteiger partial charge on any atom is -0.341 e. The molecule has 8 rings (SSSR count). The van der Waals surface area contributed by atoms with E-state index in [2.05, 4.69) is 56.7 Å². The number of carbonyl (C=O) groups excluding carboxylic acids is 2. The van der Waals surface area contributed by atoms with Crippen molar-refractivity contribution >= 4 is 45.1 Å². The number of amides is 2. The fourth-order valence-electron chi connectivity index (χ4n) is 6.38. The number of hydrogen-bond acceptors (Lipinski definition) is 4. The van der Waals surface area contributed by atoms with E-state index in [1.165, 1.54) is 11.1 Å². The van der Waals surface area contributed by atoms with Crippen LogP contribution in [0.5, 0.6) is 0 Å². The first-order valence-corrected chi connectivity index (χ1v) is 12.2. The normalized spacial score (nSPS) is 19.6. The molecule has 0 fully saturated rings. The fraction of sp³-hybridized carbons (Fsp3) is 0.172. The minimum atomic E-state index is -0.581. The van der Waals surface area contributed by atoms with E-state index < -0.39 is 5.41 Å². The Hall–Kier alpha value is -4.52. The van der Waals surface area contributed by atoms with Crippen LogP contribution in [0.15, 0.2) is 67.0 Å². The second-order valence-electron chi connectivity index (χ2n) is 10.1. The van der Waals surface area contributed by atoms with E-state index in [0.29, 0.717) is 31.6 Å². The monoisotopic (exact) mass is 471 g/mol. The molecule has 2 aromatic carbocycles. The Balaban J connectivity index is 1.17. The number of carbonyl (C=O) groups is 2. The van der Waals surface area contributed by atoms with Crippen molar-refractivity contribution in [1.82, 2.24) is 14.5 Å². The summed E-state index contributed by atoms with van der Waals surface area (Å²) in [5.74, 6) is 0.741. The lowest BCUT2D eigenvalue weighted by molar-refractivity contribution is -0.120. The third kappa shape index (κ3) is 2.62. The average molecular weight is 472 g/mol. The van der Waals surface area contributed by atoms with Crippen molar-refractivity contribution in [2.75, 3.05) is 10.6 Å². The molecule has 3 aliphatic rings. The molecule has 2 aliphatic heterocycles. The first kappa shape index (κ1) is 19.8. The van der Waals surface area contributed by atoms with Crippen LogP contribution in [-0.2, 0) is 40.8 Å². The van der Waals surface area contributed by atoms with Crippen LogP contribution >= 0.6 is 0 Å². The predicted molar refractivity (Wildman–Crippen MR) is 137 cm³/mol. The van der Waals surface area contributed by atoms with Crippen molar-refractivity contribution in [3.05, 3.63) is 94.9 Å². The molecule has 5 aromatic rings. The van der Waals surface area contributed by atoms with Crippen LogP contribution in [0, 0.1) is 0 Å². The maximum absolute atomic E-state index is 13.1. The summed E-state index contributed by atoms with van der Waals surface area (Å²) in [5, 5.41) is 8.15. The molecule has 36 heavy (non-hydrogen) atoms. The van der Waals surface area contributed by atoms with Crippen molar-refractivity contribution < 1.29 is 9.59 Å². The molecule has 7 nitrogen and oxygen atoms in total. The Morgan fingerprint density at radius 1 is 0.944 bits per heavy atom. The zero-order valence-corrected chi connectivity index (χ0v) is 19.3. The first-order chi connectivity index (χ1) is 17.6. The van der Waals surface area contributed by atoms with Gasteiger partial charge in [-0.25, -0.2) is 4.98 Å². The maximum atomic E-state index is 13.1. The number of rotatable bonds is 2. The van der Waals surface area contributed by atoms with Crippen LogP contribution in [0.4, 0.5) is 11.5 Å². The Morgan fingerprint density at radius 2 is 1.83 bits per heavy atom. The molecule has 0 radical (unpaired) electrons. The smallest absolute Gasteiger partial charge is 0.237 e. The quantitative estimate of drug-likeness (QED) is 0.405. The molecule has 7 heteroatoms. The van der Waals surface area contributed by atoms with Gasteiger partial charge in [0.25, 0.3) is 0 Å². The van der Waals surface area contributed by atoms with E-state index in [-0.39, 0.29) is 11.8 Å². The van der Waals surface area contributed by atoms with Gasteiger partial charge in [0.2, 0.25) is 11.8 Å². The molecule has 5 heterocycles. The van der Waals surface area contributed by atoms with Crippen LogP contribution in [0.2, 0.25) is 0 Å². The van der Waals surface area contributed by atoms with Crippen molar-refractivity contribution in [3.63, 3.8) is 0 Å². The van der Waals surface area contributed by atoms with E-state index in [0.717, 1.165) is 44.3 Å². The van der Waals surface area contributed by atoms with Crippen LogP contribution in [0.1, 0.15) is 27.9 Å². The van der Waals surface area contributed by atoms with Gasteiger partial charge in [-0.15, -0.1) is 0 Å². The summed E-state index contributed by atoms with van der Waals surface area (Å²) in [5.41, 5.74) is 7.70. The second kappa shape index (κ2) is 6.79. The number of fused-ring (bicyclic) bond motifs is 4. The SMILES string of the molecule is O=C1Cc2cn(Cc3ccc4cc5c(cc4n3)CC3(C5)C(=O)Nc4ncccc43)c3cccc(c23)N1. The molecule has 1 aliphatic carbocycles. The van der Waals surface area contributed by atoms with Gasteiger partial charge in [0.15, 0.2) is 0 Å². The number of hydrogen-bond donors (Lipinski definition) is 2. The molecular formula is C29H21N5O2. The summed E-state index contributed by atoms with van der Waals surface area (Å²) in [6.45, 7) is 0.618. The highest BCUT2D eigenvalue weighted by Gasteiger charge is 2.51. The van der Waals surface area contributed by atoms with Gasteiger partial charge < -0.3 is 15.2 Å². The highest BCUT2D eigenvalue weighted by Crippen LogP contribution is 2.47. The Labute approximate surface area is 206 Å². The molecule has 3 aromatic heterocycles. The van der Waals surface area contributed by atoms with Crippen molar-refractivity contribution in [1.29, 1.82) is 0 Å². The van der Waals surface area contributed by atoms with Gasteiger partial charge in [0, 0.05) is 28.7 Å². The maximum Gasteiger partial charge on any atom is 0.237 e. The number of aromatic nitrogens is 3. The molecule has 2 amide bonds. The van der Waals surface area contributed by atoms with E-state index in [9.17, 15) is 9.59 Å². The number of anilines is 2. The topological polar surface area (TPSA) is 88.9 Å². The predicted octanol–water partition coefficient (Wildman–Crippen LogP) is 4.12. The first-order valence-electron chi connectivity index (χ1n) is 12.2. The average Bonchev–Trinajstić information content (AvgIpc) is 3.50. The molecule has 174 valence electrons. The third-order valence-corrected chi connectivity index (χ3v) is 7.98. The van der Waals surface area contributed by atoms with Crippen LogP contribution < -0.4 is 10.6 Å². The molecule has 0 saturated carbocycles. The van der Waals surface area contributed by atoms with Crippen LogP contribution in [0.25, 0.3) is 21.8 Å². The third-order valence-electron chi connectivity index (χ3n) is 7.98. The summed E-state index contributed by atoms with van der Waals surface area (Å²) in [6, 6.07) is 18.5. The van der Waals surface area contributed by atoms with Gasteiger partial charge in [0.1, 0.15) is 5.82 Å². The number of nitrogens with zero attached hydrogens (tertiary/aromatic N) is 3. The molecule has 0 saturated heterocycles. The lowest BCUT2D eigenvalue weighted by atomic mass is 9.79. The van der Waals surface area contributed by atoms with Crippen molar-refractivity contribution in [3.8, 4) is 0 Å². The van der Waals surface area contributed by atoms with Crippen molar-refractivity contribution in [2.24, 2.45) is 0 Å². The molecule has 0 bridgehead atoms. The van der Waals surface area contributed by atoms with Crippen LogP contribution in [0.3, 0.4) is 0 Å². The fourth-order valence-corrected chi connectivity index (χ4v) is 6.38. The zero-order valence-electron chi connectivity index (χ0n) is 19.3. The Bertz CT molecular complexity index is 1800. The van der Waals surface area contributed by atoms with Crippen molar-refractivity contribution in [2.45, 2.75) is 31.2 Å². The molecule has 1 spiro atoms. The van der Waals surface area contributed by atoms with Gasteiger partial charge in [-0.3, -0.25) is 14.6 Å². The summed E-state index contributed by atoms with van der Waals surface area (Å²) in [7, 11) is 0. The molecule has 1 unspecified atom stereocenters. The van der Waals surface area contributed by atoms with E-state index >= 15 is 0 Å². The standard InChI is InChI=1S/C29H21N5O2/c35-25-11-19-14-34(24-5-1-4-22(32-25)26(19)24)15-20-7-6-16-9-17-12-29(13-18(17)10-23(16)31-20)21-3-2-8-30-27(21)33-28(29)36/h1-10,14H,11-13,15H2,(H,32,35)(H,30,33,36). The largest absolute Gasteiger partial charge is 0.341 e.